The van der Waals surface area contributed by atoms with E-state index in [1.54, 1.807) is 0 Å². The molecule has 0 fully saturated rings. The Morgan fingerprint density at radius 2 is 0.705 bits per heavy atom. The van der Waals surface area contributed by atoms with Crippen molar-refractivity contribution < 1.29 is 9.53 Å². The molecule has 262 valence electrons. The number of carbonyl (C=O) groups excluding carboxylic acids is 1. The Kier molecular flexibility index (Phi) is 37.7. The molecule has 0 amide bonds. The van der Waals surface area contributed by atoms with Crippen LogP contribution < -0.4 is 0 Å². The molecule has 44 heavy (non-hydrogen) atoms. The van der Waals surface area contributed by atoms with Crippen LogP contribution in [-0.4, -0.2) is 12.1 Å². The van der Waals surface area contributed by atoms with Gasteiger partial charge in [-0.1, -0.05) is 193 Å². The van der Waals surface area contributed by atoms with E-state index in [4.69, 9.17) is 4.74 Å². The van der Waals surface area contributed by atoms with Crippen LogP contribution in [0, 0.1) is 0 Å². The first-order valence-corrected chi connectivity index (χ1v) is 20.6. The average Bonchev–Trinajstić information content (AvgIpc) is 3.02. The van der Waals surface area contributed by atoms with Gasteiger partial charge in [-0.2, -0.15) is 0 Å². The second-order valence-corrected chi connectivity index (χ2v) is 14.0. The molecule has 2 heteroatoms. The van der Waals surface area contributed by atoms with Gasteiger partial charge in [-0.3, -0.25) is 4.79 Å². The number of ether oxygens (including phenoxy) is 1. The quantitative estimate of drug-likeness (QED) is 0.0393. The third-order valence-corrected chi connectivity index (χ3v) is 9.45. The zero-order valence-corrected chi connectivity index (χ0v) is 30.8. The predicted molar refractivity (Wildman–Crippen MR) is 198 cm³/mol. The third kappa shape index (κ3) is 35.7. The highest BCUT2D eigenvalue weighted by atomic mass is 16.5. The number of unbranched alkanes of at least 4 members (excludes halogenated alkanes) is 28. The van der Waals surface area contributed by atoms with Crippen LogP contribution >= 0.6 is 0 Å². The molecule has 0 radical (unpaired) electrons. The molecule has 0 aliphatic carbocycles. The second-order valence-electron chi connectivity index (χ2n) is 14.0. The minimum absolute atomic E-state index is 0.0675. The van der Waals surface area contributed by atoms with E-state index >= 15 is 0 Å². The van der Waals surface area contributed by atoms with Crippen molar-refractivity contribution in [1.29, 1.82) is 0 Å². The lowest BCUT2D eigenvalue weighted by atomic mass is 10.0. The van der Waals surface area contributed by atoms with Crippen molar-refractivity contribution in [2.75, 3.05) is 0 Å². The first-order chi connectivity index (χ1) is 21.7. The van der Waals surface area contributed by atoms with Gasteiger partial charge < -0.3 is 4.74 Å². The summed E-state index contributed by atoms with van der Waals surface area (Å²) in [5, 5.41) is 0. The fraction of sp³-hybridized carbons (Fsp3) is 0.929. The number of hydrogen-bond donors (Lipinski definition) is 0. The van der Waals surface area contributed by atoms with E-state index in [0.29, 0.717) is 6.42 Å². The van der Waals surface area contributed by atoms with Crippen LogP contribution in [0.4, 0.5) is 0 Å². The lowest BCUT2D eigenvalue weighted by Crippen LogP contribution is -2.18. The maximum atomic E-state index is 12.6. The highest BCUT2D eigenvalue weighted by Gasteiger charge is 2.14. The number of allylic oxidation sites excluding steroid dienone is 2. The van der Waals surface area contributed by atoms with Crippen LogP contribution in [0.25, 0.3) is 0 Å². The Bertz CT molecular complexity index is 568. The van der Waals surface area contributed by atoms with Gasteiger partial charge in [0.25, 0.3) is 0 Å². The molecule has 0 bridgehead atoms. The standard InChI is InChI=1S/C42H82O2/c1-4-7-10-13-16-18-19-20-21-22-23-24-25-26-27-29-31-34-37-40-42(43)44-41(38-35-32-15-12-9-6-3)39-36-33-30-28-17-14-11-8-5-2/h20-21,41H,4-19,22-40H2,1-3H3/b21-20-. The zero-order chi connectivity index (χ0) is 32.0. The molecule has 0 heterocycles. The summed E-state index contributed by atoms with van der Waals surface area (Å²) in [6.07, 6.45) is 50.4. The number of esters is 1. The predicted octanol–water partition coefficient (Wildman–Crippen LogP) is 15.2. The van der Waals surface area contributed by atoms with Gasteiger partial charge in [0.15, 0.2) is 0 Å². The molecule has 0 aromatic heterocycles. The number of carbonyl (C=O) groups is 1. The molecule has 0 saturated carbocycles. The summed E-state index contributed by atoms with van der Waals surface area (Å²) in [6.45, 7) is 6.85. The summed E-state index contributed by atoms with van der Waals surface area (Å²) < 4.78 is 6.04. The molecule has 0 rings (SSSR count). The van der Waals surface area contributed by atoms with Gasteiger partial charge in [0.1, 0.15) is 6.10 Å². The van der Waals surface area contributed by atoms with Gasteiger partial charge >= 0.3 is 5.97 Å². The summed E-state index contributed by atoms with van der Waals surface area (Å²) in [4.78, 5) is 12.6. The third-order valence-electron chi connectivity index (χ3n) is 9.45. The maximum Gasteiger partial charge on any atom is 0.306 e. The van der Waals surface area contributed by atoms with Gasteiger partial charge in [-0.15, -0.1) is 0 Å². The van der Waals surface area contributed by atoms with Crippen LogP contribution in [-0.2, 0) is 9.53 Å². The van der Waals surface area contributed by atoms with Crippen molar-refractivity contribution >= 4 is 5.97 Å². The molecule has 0 saturated heterocycles. The molecule has 0 N–H and O–H groups in total. The van der Waals surface area contributed by atoms with Crippen molar-refractivity contribution in [2.24, 2.45) is 0 Å². The normalized spacial score (nSPS) is 12.3. The lowest BCUT2D eigenvalue weighted by Gasteiger charge is -2.18. The van der Waals surface area contributed by atoms with E-state index in [9.17, 15) is 4.79 Å². The SMILES string of the molecule is CCCCCCCC/C=C\CCCCCCCCCCCC(=O)OC(CCCCCCCC)CCCCCCCCCCC. The van der Waals surface area contributed by atoms with Crippen molar-refractivity contribution in [3.05, 3.63) is 12.2 Å². The highest BCUT2D eigenvalue weighted by molar-refractivity contribution is 5.69. The van der Waals surface area contributed by atoms with E-state index in [2.05, 4.69) is 32.9 Å². The summed E-state index contributed by atoms with van der Waals surface area (Å²) in [7, 11) is 0. The average molecular weight is 619 g/mol. The van der Waals surface area contributed by atoms with E-state index < -0.39 is 0 Å². The fourth-order valence-electron chi connectivity index (χ4n) is 6.39. The van der Waals surface area contributed by atoms with E-state index in [1.165, 1.54) is 199 Å². The van der Waals surface area contributed by atoms with Gasteiger partial charge in [0.2, 0.25) is 0 Å². The molecular formula is C42H82O2. The minimum atomic E-state index is 0.0675. The smallest absolute Gasteiger partial charge is 0.306 e. The largest absolute Gasteiger partial charge is 0.462 e. The molecule has 0 aromatic carbocycles. The number of hydrogen-bond acceptors (Lipinski definition) is 2. The molecule has 0 spiro atoms. The summed E-state index contributed by atoms with van der Waals surface area (Å²) in [5.74, 6) is 0.0675. The molecule has 0 aromatic rings. The van der Waals surface area contributed by atoms with E-state index in [-0.39, 0.29) is 12.1 Å². The Hall–Kier alpha value is -0.790. The topological polar surface area (TPSA) is 26.3 Å². The minimum Gasteiger partial charge on any atom is -0.462 e. The first kappa shape index (κ1) is 43.2. The molecule has 1 atom stereocenters. The van der Waals surface area contributed by atoms with Gasteiger partial charge in [-0.05, 0) is 57.8 Å². The number of rotatable bonds is 37. The molecular weight excluding hydrogens is 536 g/mol. The van der Waals surface area contributed by atoms with Crippen molar-refractivity contribution in [1.82, 2.24) is 0 Å². The van der Waals surface area contributed by atoms with Gasteiger partial charge in [0.05, 0.1) is 0 Å². The molecule has 1 unspecified atom stereocenters. The Morgan fingerprint density at radius 1 is 0.409 bits per heavy atom. The zero-order valence-electron chi connectivity index (χ0n) is 30.8. The molecule has 0 aliphatic heterocycles. The van der Waals surface area contributed by atoms with Crippen molar-refractivity contribution in [3.63, 3.8) is 0 Å². The van der Waals surface area contributed by atoms with E-state index in [0.717, 1.165) is 19.3 Å². The monoisotopic (exact) mass is 619 g/mol. The van der Waals surface area contributed by atoms with E-state index in [1.807, 2.05) is 0 Å². The Balaban J connectivity index is 3.80. The van der Waals surface area contributed by atoms with Crippen LogP contribution in [0.1, 0.15) is 245 Å². The molecule has 0 aliphatic rings. The fourth-order valence-corrected chi connectivity index (χ4v) is 6.39. The van der Waals surface area contributed by atoms with Crippen molar-refractivity contribution in [3.8, 4) is 0 Å². The van der Waals surface area contributed by atoms with Crippen LogP contribution in [0.2, 0.25) is 0 Å². The summed E-state index contributed by atoms with van der Waals surface area (Å²) in [6, 6.07) is 0. The van der Waals surface area contributed by atoms with Crippen LogP contribution in [0.3, 0.4) is 0 Å². The Labute approximate surface area is 278 Å². The highest BCUT2D eigenvalue weighted by Crippen LogP contribution is 2.19. The second kappa shape index (κ2) is 38.4. The molecule has 2 nitrogen and oxygen atoms in total. The van der Waals surface area contributed by atoms with Crippen LogP contribution in [0.15, 0.2) is 12.2 Å². The maximum absolute atomic E-state index is 12.6. The van der Waals surface area contributed by atoms with Crippen LogP contribution in [0.5, 0.6) is 0 Å². The van der Waals surface area contributed by atoms with Gasteiger partial charge in [0, 0.05) is 6.42 Å². The first-order valence-electron chi connectivity index (χ1n) is 20.6. The summed E-state index contributed by atoms with van der Waals surface area (Å²) >= 11 is 0. The van der Waals surface area contributed by atoms with Crippen molar-refractivity contribution in [2.45, 2.75) is 252 Å². The summed E-state index contributed by atoms with van der Waals surface area (Å²) in [5.41, 5.74) is 0. The van der Waals surface area contributed by atoms with Gasteiger partial charge in [-0.25, -0.2) is 0 Å². The lowest BCUT2D eigenvalue weighted by molar-refractivity contribution is -0.150. The Morgan fingerprint density at radius 3 is 1.07 bits per heavy atom.